The average molecular weight is 293 g/mol. The SMILES string of the molecule is CC[C@H]1CN([C@@H](C)c2nnc(-c3cccs3)o2)CCO1. The first kappa shape index (κ1) is 13.7. The third kappa shape index (κ3) is 2.77. The van der Waals surface area contributed by atoms with Crippen LogP contribution in [0.5, 0.6) is 0 Å². The molecule has 1 saturated heterocycles. The standard InChI is InChI=1S/C14H19N3O2S/c1-3-11-9-17(6-7-18-11)10(2)13-15-16-14(19-13)12-5-4-8-20-12/h4-5,8,10-11H,3,6-7,9H2,1-2H3/t10-,11-/m0/s1. The van der Waals surface area contributed by atoms with Crippen molar-refractivity contribution in [1.82, 2.24) is 15.1 Å². The van der Waals surface area contributed by atoms with Crippen molar-refractivity contribution in [2.24, 2.45) is 0 Å². The van der Waals surface area contributed by atoms with Crippen LogP contribution in [0.1, 0.15) is 32.2 Å². The number of hydrogen-bond acceptors (Lipinski definition) is 6. The van der Waals surface area contributed by atoms with Crippen molar-refractivity contribution in [3.63, 3.8) is 0 Å². The van der Waals surface area contributed by atoms with E-state index in [1.165, 1.54) is 0 Å². The predicted octanol–water partition coefficient (Wildman–Crippen LogP) is 2.97. The Bertz CT molecular complexity index is 540. The van der Waals surface area contributed by atoms with Crippen LogP contribution in [0.3, 0.4) is 0 Å². The molecule has 2 aromatic heterocycles. The van der Waals surface area contributed by atoms with Gasteiger partial charge in [-0.25, -0.2) is 0 Å². The Hall–Kier alpha value is -1.24. The second-order valence-electron chi connectivity index (χ2n) is 4.99. The van der Waals surface area contributed by atoms with Crippen molar-refractivity contribution in [3.8, 4) is 10.8 Å². The average Bonchev–Trinajstić information content (AvgIpc) is 3.17. The maximum atomic E-state index is 5.82. The normalized spacial score (nSPS) is 22.0. The maximum absolute atomic E-state index is 5.82. The first-order chi connectivity index (χ1) is 9.78. The molecule has 2 aromatic rings. The van der Waals surface area contributed by atoms with Gasteiger partial charge in [-0.15, -0.1) is 21.5 Å². The molecule has 0 aromatic carbocycles. The zero-order valence-corrected chi connectivity index (χ0v) is 12.6. The Morgan fingerprint density at radius 3 is 3.15 bits per heavy atom. The van der Waals surface area contributed by atoms with E-state index in [0.29, 0.717) is 17.9 Å². The maximum Gasteiger partial charge on any atom is 0.257 e. The fourth-order valence-corrected chi connectivity index (χ4v) is 3.04. The van der Waals surface area contributed by atoms with Crippen LogP contribution in [-0.2, 0) is 4.74 Å². The van der Waals surface area contributed by atoms with Gasteiger partial charge < -0.3 is 9.15 Å². The topological polar surface area (TPSA) is 51.4 Å². The Balaban J connectivity index is 1.72. The molecule has 0 radical (unpaired) electrons. The third-order valence-corrected chi connectivity index (χ3v) is 4.56. The molecule has 1 aliphatic heterocycles. The second kappa shape index (κ2) is 6.03. The Morgan fingerprint density at radius 1 is 1.50 bits per heavy atom. The predicted molar refractivity (Wildman–Crippen MR) is 77.6 cm³/mol. The van der Waals surface area contributed by atoms with Crippen LogP contribution >= 0.6 is 11.3 Å². The van der Waals surface area contributed by atoms with Crippen LogP contribution in [0.2, 0.25) is 0 Å². The van der Waals surface area contributed by atoms with Gasteiger partial charge in [0.15, 0.2) is 0 Å². The number of aromatic nitrogens is 2. The number of morpholine rings is 1. The third-order valence-electron chi connectivity index (χ3n) is 3.70. The first-order valence-corrected chi connectivity index (χ1v) is 7.88. The summed E-state index contributed by atoms with van der Waals surface area (Å²) in [6.07, 6.45) is 1.35. The minimum Gasteiger partial charge on any atom is -0.418 e. The van der Waals surface area contributed by atoms with E-state index in [1.54, 1.807) is 11.3 Å². The van der Waals surface area contributed by atoms with Crippen LogP contribution in [0.4, 0.5) is 0 Å². The number of thiophene rings is 1. The molecule has 0 bridgehead atoms. The van der Waals surface area contributed by atoms with E-state index >= 15 is 0 Å². The molecule has 1 fully saturated rings. The molecular formula is C14H19N3O2S. The lowest BCUT2D eigenvalue weighted by molar-refractivity contribution is -0.0456. The monoisotopic (exact) mass is 293 g/mol. The van der Waals surface area contributed by atoms with Gasteiger partial charge >= 0.3 is 0 Å². The van der Waals surface area contributed by atoms with Crippen LogP contribution in [0.25, 0.3) is 10.8 Å². The molecule has 2 atom stereocenters. The van der Waals surface area contributed by atoms with Gasteiger partial charge in [0.2, 0.25) is 5.89 Å². The lowest BCUT2D eigenvalue weighted by Crippen LogP contribution is -2.43. The van der Waals surface area contributed by atoms with Gasteiger partial charge in [0, 0.05) is 13.1 Å². The smallest absolute Gasteiger partial charge is 0.257 e. The molecule has 0 spiro atoms. The minimum atomic E-state index is 0.133. The van der Waals surface area contributed by atoms with E-state index in [-0.39, 0.29) is 6.04 Å². The van der Waals surface area contributed by atoms with Gasteiger partial charge in [-0.2, -0.15) is 0 Å². The highest BCUT2D eigenvalue weighted by atomic mass is 32.1. The summed E-state index contributed by atoms with van der Waals surface area (Å²) >= 11 is 1.61. The number of rotatable bonds is 4. The Kier molecular flexibility index (Phi) is 4.14. The quantitative estimate of drug-likeness (QED) is 0.867. The van der Waals surface area contributed by atoms with Gasteiger partial charge in [0.25, 0.3) is 5.89 Å². The molecule has 108 valence electrons. The number of ether oxygens (including phenoxy) is 1. The molecule has 6 heteroatoms. The summed E-state index contributed by atoms with van der Waals surface area (Å²) in [5.41, 5.74) is 0. The van der Waals surface area contributed by atoms with Gasteiger partial charge in [-0.1, -0.05) is 13.0 Å². The fraction of sp³-hybridized carbons (Fsp3) is 0.571. The number of nitrogens with zero attached hydrogens (tertiary/aromatic N) is 3. The highest BCUT2D eigenvalue weighted by molar-refractivity contribution is 7.13. The van der Waals surface area contributed by atoms with Gasteiger partial charge in [-0.3, -0.25) is 4.90 Å². The second-order valence-corrected chi connectivity index (χ2v) is 5.94. The molecule has 5 nitrogen and oxygen atoms in total. The van der Waals surface area contributed by atoms with Crippen LogP contribution < -0.4 is 0 Å². The zero-order valence-electron chi connectivity index (χ0n) is 11.8. The van der Waals surface area contributed by atoms with Crippen LogP contribution in [-0.4, -0.2) is 40.9 Å². The van der Waals surface area contributed by atoms with Crippen molar-refractivity contribution < 1.29 is 9.15 Å². The fourth-order valence-electron chi connectivity index (χ4n) is 2.40. The zero-order chi connectivity index (χ0) is 13.9. The molecular weight excluding hydrogens is 274 g/mol. The van der Waals surface area contributed by atoms with Gasteiger partial charge in [-0.05, 0) is 24.8 Å². The molecule has 0 unspecified atom stereocenters. The molecule has 0 N–H and O–H groups in total. The van der Waals surface area contributed by atoms with Crippen molar-refractivity contribution in [2.45, 2.75) is 32.4 Å². The van der Waals surface area contributed by atoms with Crippen LogP contribution in [0, 0.1) is 0 Å². The molecule has 0 aliphatic carbocycles. The highest BCUT2D eigenvalue weighted by Gasteiger charge is 2.27. The summed E-state index contributed by atoms with van der Waals surface area (Å²) in [5, 5.41) is 10.4. The van der Waals surface area contributed by atoms with E-state index in [1.807, 2.05) is 17.5 Å². The van der Waals surface area contributed by atoms with E-state index in [0.717, 1.165) is 31.0 Å². The van der Waals surface area contributed by atoms with Crippen molar-refractivity contribution >= 4 is 11.3 Å². The molecule has 3 rings (SSSR count). The minimum absolute atomic E-state index is 0.133. The molecule has 20 heavy (non-hydrogen) atoms. The van der Waals surface area contributed by atoms with Gasteiger partial charge in [0.1, 0.15) is 0 Å². The van der Waals surface area contributed by atoms with Crippen molar-refractivity contribution in [1.29, 1.82) is 0 Å². The van der Waals surface area contributed by atoms with E-state index in [2.05, 4.69) is 28.9 Å². The summed E-state index contributed by atoms with van der Waals surface area (Å²) in [5.74, 6) is 1.30. The summed E-state index contributed by atoms with van der Waals surface area (Å²) in [4.78, 5) is 3.37. The first-order valence-electron chi connectivity index (χ1n) is 7.01. The van der Waals surface area contributed by atoms with E-state index in [4.69, 9.17) is 9.15 Å². The Morgan fingerprint density at radius 2 is 2.40 bits per heavy atom. The molecule has 1 aliphatic rings. The summed E-state index contributed by atoms with van der Waals surface area (Å²) in [7, 11) is 0. The summed E-state index contributed by atoms with van der Waals surface area (Å²) in [6, 6.07) is 4.12. The van der Waals surface area contributed by atoms with Crippen molar-refractivity contribution in [3.05, 3.63) is 23.4 Å². The largest absolute Gasteiger partial charge is 0.418 e. The molecule has 0 amide bonds. The summed E-state index contributed by atoms with van der Waals surface area (Å²) in [6.45, 7) is 6.88. The van der Waals surface area contributed by atoms with E-state index in [9.17, 15) is 0 Å². The lowest BCUT2D eigenvalue weighted by Gasteiger charge is -2.35. The van der Waals surface area contributed by atoms with Crippen molar-refractivity contribution in [2.75, 3.05) is 19.7 Å². The van der Waals surface area contributed by atoms with E-state index < -0.39 is 0 Å². The van der Waals surface area contributed by atoms with Crippen LogP contribution in [0.15, 0.2) is 21.9 Å². The highest BCUT2D eigenvalue weighted by Crippen LogP contribution is 2.27. The van der Waals surface area contributed by atoms with Gasteiger partial charge in [0.05, 0.1) is 23.6 Å². The Labute approximate surface area is 122 Å². The summed E-state index contributed by atoms with van der Waals surface area (Å²) < 4.78 is 11.5. The number of hydrogen-bond donors (Lipinski definition) is 0. The molecule has 0 saturated carbocycles. The lowest BCUT2D eigenvalue weighted by atomic mass is 10.2. The molecule has 3 heterocycles.